The molecule has 1 fully saturated rings. The van der Waals surface area contributed by atoms with Gasteiger partial charge in [0.05, 0.1) is 10.7 Å². The van der Waals surface area contributed by atoms with Crippen molar-refractivity contribution in [3.05, 3.63) is 4.91 Å². The zero-order valence-electron chi connectivity index (χ0n) is 5.41. The van der Waals surface area contributed by atoms with Gasteiger partial charge in [0, 0.05) is 6.54 Å². The molecule has 0 amide bonds. The van der Waals surface area contributed by atoms with Gasteiger partial charge in [-0.05, 0) is 19.1 Å². The lowest BCUT2D eigenvalue weighted by molar-refractivity contribution is 0.332. The molecule has 0 aromatic heterocycles. The first kappa shape index (κ1) is 6.86. The first-order valence-corrected chi connectivity index (χ1v) is 4.30. The fourth-order valence-electron chi connectivity index (χ4n) is 1.05. The third-order valence-electron chi connectivity index (χ3n) is 1.55. The zero-order valence-corrected chi connectivity index (χ0v) is 6.23. The lowest BCUT2D eigenvalue weighted by Gasteiger charge is -2.13. The lowest BCUT2D eigenvalue weighted by Crippen LogP contribution is -2.19. The van der Waals surface area contributed by atoms with E-state index in [1.807, 2.05) is 6.26 Å². The number of rotatable bonds is 2. The van der Waals surface area contributed by atoms with Gasteiger partial charge in [0.1, 0.15) is 0 Å². The lowest BCUT2D eigenvalue weighted by atomic mass is 10.4. The third kappa shape index (κ3) is 1.36. The van der Waals surface area contributed by atoms with Crippen LogP contribution in [0.1, 0.15) is 12.8 Å². The standard InChI is InChI=1S/C5H10N2OS/c1-9-5-3-2-4-7(5)6-8/h5H,2-4H2,1H3. The van der Waals surface area contributed by atoms with Gasteiger partial charge < -0.3 is 0 Å². The van der Waals surface area contributed by atoms with E-state index in [1.165, 1.54) is 0 Å². The van der Waals surface area contributed by atoms with Crippen molar-refractivity contribution in [3.63, 3.8) is 0 Å². The SMILES string of the molecule is CSC1CCCN1N=O. The summed E-state index contributed by atoms with van der Waals surface area (Å²) in [4.78, 5) is 10.0. The molecule has 0 aromatic rings. The van der Waals surface area contributed by atoms with E-state index < -0.39 is 0 Å². The van der Waals surface area contributed by atoms with Crippen LogP contribution in [0.2, 0.25) is 0 Å². The van der Waals surface area contributed by atoms with Gasteiger partial charge in [-0.3, -0.25) is 0 Å². The van der Waals surface area contributed by atoms with Crippen molar-refractivity contribution in [3.8, 4) is 0 Å². The van der Waals surface area contributed by atoms with Gasteiger partial charge in [0.25, 0.3) is 0 Å². The Morgan fingerprint density at radius 1 is 1.78 bits per heavy atom. The van der Waals surface area contributed by atoms with E-state index in [1.54, 1.807) is 16.8 Å². The smallest absolute Gasteiger partial charge is 0.0952 e. The van der Waals surface area contributed by atoms with E-state index in [4.69, 9.17) is 0 Å². The fraction of sp³-hybridized carbons (Fsp3) is 1.00. The highest BCUT2D eigenvalue weighted by Gasteiger charge is 2.22. The zero-order chi connectivity index (χ0) is 6.69. The maximum atomic E-state index is 10.0. The molecule has 0 saturated carbocycles. The van der Waals surface area contributed by atoms with Crippen LogP contribution >= 0.6 is 11.8 Å². The molecule has 3 nitrogen and oxygen atoms in total. The van der Waals surface area contributed by atoms with Crippen LogP contribution in [0, 0.1) is 4.91 Å². The van der Waals surface area contributed by atoms with Crippen LogP contribution in [0.5, 0.6) is 0 Å². The molecule has 1 saturated heterocycles. The van der Waals surface area contributed by atoms with Crippen molar-refractivity contribution < 1.29 is 0 Å². The summed E-state index contributed by atoms with van der Waals surface area (Å²) < 4.78 is 0. The molecule has 0 N–H and O–H groups in total. The van der Waals surface area contributed by atoms with Crippen LogP contribution in [0.15, 0.2) is 5.29 Å². The molecule has 0 aromatic carbocycles. The molecule has 0 spiro atoms. The summed E-state index contributed by atoms with van der Waals surface area (Å²) in [5, 5.41) is 4.87. The molecule has 1 heterocycles. The first-order chi connectivity index (χ1) is 4.38. The van der Waals surface area contributed by atoms with Crippen molar-refractivity contribution in [1.82, 2.24) is 5.01 Å². The number of hydrogen-bond donors (Lipinski definition) is 0. The number of thioether (sulfide) groups is 1. The van der Waals surface area contributed by atoms with Crippen molar-refractivity contribution in [2.75, 3.05) is 12.8 Å². The van der Waals surface area contributed by atoms with Crippen LogP contribution in [0.4, 0.5) is 0 Å². The molecule has 1 atom stereocenters. The Balaban J connectivity index is 2.41. The molecule has 1 unspecified atom stereocenters. The molecule has 1 aliphatic rings. The summed E-state index contributed by atoms with van der Waals surface area (Å²) in [6.45, 7) is 0.842. The summed E-state index contributed by atoms with van der Waals surface area (Å²) in [7, 11) is 0. The first-order valence-electron chi connectivity index (χ1n) is 3.01. The second-order valence-corrected chi connectivity index (χ2v) is 3.09. The van der Waals surface area contributed by atoms with Crippen LogP contribution in [0.3, 0.4) is 0 Å². The van der Waals surface area contributed by atoms with E-state index in [0.717, 1.165) is 19.4 Å². The van der Waals surface area contributed by atoms with Crippen LogP contribution in [0.25, 0.3) is 0 Å². The Bertz CT molecular complexity index is 109. The molecular formula is C5H10N2OS. The van der Waals surface area contributed by atoms with Gasteiger partial charge in [0.15, 0.2) is 0 Å². The quantitative estimate of drug-likeness (QED) is 0.553. The molecule has 4 heteroatoms. The summed E-state index contributed by atoms with van der Waals surface area (Å²) >= 11 is 1.70. The second-order valence-electron chi connectivity index (χ2n) is 2.08. The highest BCUT2D eigenvalue weighted by molar-refractivity contribution is 7.99. The van der Waals surface area contributed by atoms with Gasteiger partial charge in [-0.1, -0.05) is 0 Å². The van der Waals surface area contributed by atoms with Crippen molar-refractivity contribution in [2.45, 2.75) is 18.2 Å². The second kappa shape index (κ2) is 3.06. The van der Waals surface area contributed by atoms with Crippen molar-refractivity contribution >= 4 is 11.8 Å². The molecule has 1 aliphatic heterocycles. The van der Waals surface area contributed by atoms with Crippen molar-refractivity contribution in [1.29, 1.82) is 0 Å². The normalized spacial score (nSPS) is 26.8. The van der Waals surface area contributed by atoms with Crippen LogP contribution in [-0.4, -0.2) is 23.2 Å². The van der Waals surface area contributed by atoms with Gasteiger partial charge in [-0.2, -0.15) is 0 Å². The largest absolute Gasteiger partial charge is 0.248 e. The average molecular weight is 146 g/mol. The number of nitrogens with zero attached hydrogens (tertiary/aromatic N) is 2. The maximum absolute atomic E-state index is 10.0. The fourth-order valence-corrected chi connectivity index (χ4v) is 1.84. The Kier molecular flexibility index (Phi) is 2.33. The Morgan fingerprint density at radius 3 is 3.00 bits per heavy atom. The highest BCUT2D eigenvalue weighted by atomic mass is 32.2. The molecule has 0 aliphatic carbocycles. The van der Waals surface area contributed by atoms with Gasteiger partial charge >= 0.3 is 0 Å². The molecule has 52 valence electrons. The van der Waals surface area contributed by atoms with E-state index in [-0.39, 0.29) is 0 Å². The van der Waals surface area contributed by atoms with Crippen LogP contribution < -0.4 is 0 Å². The topological polar surface area (TPSA) is 32.7 Å². The predicted molar refractivity (Wildman–Crippen MR) is 39.0 cm³/mol. The Labute approximate surface area is 58.7 Å². The minimum atomic E-state index is 0.350. The average Bonchev–Trinajstić information content (AvgIpc) is 2.33. The van der Waals surface area contributed by atoms with E-state index in [2.05, 4.69) is 5.29 Å². The predicted octanol–water partition coefficient (Wildman–Crippen LogP) is 1.45. The summed E-state index contributed by atoms with van der Waals surface area (Å²) in [6.07, 6.45) is 4.22. The highest BCUT2D eigenvalue weighted by Crippen LogP contribution is 2.24. The van der Waals surface area contributed by atoms with Gasteiger partial charge in [-0.15, -0.1) is 16.7 Å². The summed E-state index contributed by atoms with van der Waals surface area (Å²) in [6, 6.07) is 0. The number of nitroso groups, excluding NO2 is 1. The van der Waals surface area contributed by atoms with E-state index in [9.17, 15) is 4.91 Å². The minimum Gasteiger partial charge on any atom is -0.248 e. The Hall–Kier alpha value is -0.250. The third-order valence-corrected chi connectivity index (χ3v) is 2.57. The Morgan fingerprint density at radius 2 is 2.56 bits per heavy atom. The molecule has 0 bridgehead atoms. The molecule has 0 radical (unpaired) electrons. The monoisotopic (exact) mass is 146 g/mol. The molecule has 9 heavy (non-hydrogen) atoms. The van der Waals surface area contributed by atoms with E-state index in [0.29, 0.717) is 5.37 Å². The van der Waals surface area contributed by atoms with Crippen molar-refractivity contribution in [2.24, 2.45) is 5.29 Å². The number of hydrogen-bond acceptors (Lipinski definition) is 3. The minimum absolute atomic E-state index is 0.350. The summed E-state index contributed by atoms with van der Waals surface area (Å²) in [5.41, 5.74) is 0. The summed E-state index contributed by atoms with van der Waals surface area (Å²) in [5.74, 6) is 0. The van der Waals surface area contributed by atoms with Gasteiger partial charge in [0.2, 0.25) is 0 Å². The van der Waals surface area contributed by atoms with Crippen LogP contribution in [-0.2, 0) is 0 Å². The van der Waals surface area contributed by atoms with E-state index >= 15 is 0 Å². The molecule has 1 rings (SSSR count). The molecular weight excluding hydrogens is 136 g/mol. The maximum Gasteiger partial charge on any atom is 0.0952 e. The van der Waals surface area contributed by atoms with Gasteiger partial charge in [-0.25, -0.2) is 5.01 Å².